The van der Waals surface area contributed by atoms with Gasteiger partial charge in [-0.25, -0.2) is 4.79 Å². The normalized spacial score (nSPS) is 23.5. The molecule has 156 valence electrons. The number of amides is 2. The molecule has 0 atom stereocenters. The van der Waals surface area contributed by atoms with E-state index in [2.05, 4.69) is 15.1 Å². The van der Waals surface area contributed by atoms with E-state index in [1.165, 1.54) is 25.8 Å². The minimum atomic E-state index is 0.0297. The Morgan fingerprint density at radius 1 is 1.11 bits per heavy atom. The number of halogens is 2. The van der Waals surface area contributed by atoms with Gasteiger partial charge in [0.2, 0.25) is 0 Å². The maximum atomic E-state index is 11.8. The quantitative estimate of drug-likeness (QED) is 0.760. The summed E-state index contributed by atoms with van der Waals surface area (Å²) in [6.07, 6.45) is 5.91. The van der Waals surface area contributed by atoms with Crippen LogP contribution in [0.2, 0.25) is 10.0 Å². The molecule has 5 nitrogen and oxygen atoms in total. The molecule has 1 saturated carbocycles. The molecule has 1 N–H and O–H groups in total. The highest BCUT2D eigenvalue weighted by Gasteiger charge is 2.24. The average Bonchev–Trinajstić information content (AvgIpc) is 2.68. The van der Waals surface area contributed by atoms with Crippen molar-refractivity contribution in [3.8, 4) is 0 Å². The van der Waals surface area contributed by atoms with E-state index >= 15 is 0 Å². The van der Waals surface area contributed by atoms with E-state index in [0.29, 0.717) is 11.1 Å². The van der Waals surface area contributed by atoms with Gasteiger partial charge in [-0.2, -0.15) is 0 Å². The van der Waals surface area contributed by atoms with Gasteiger partial charge in [0, 0.05) is 51.3 Å². The lowest BCUT2D eigenvalue weighted by Gasteiger charge is -2.37. The van der Waals surface area contributed by atoms with E-state index in [-0.39, 0.29) is 6.03 Å². The van der Waals surface area contributed by atoms with E-state index in [0.717, 1.165) is 55.6 Å². The molecule has 7 heteroatoms. The summed E-state index contributed by atoms with van der Waals surface area (Å²) in [7, 11) is 3.59. The van der Waals surface area contributed by atoms with Gasteiger partial charge < -0.3 is 15.1 Å². The summed E-state index contributed by atoms with van der Waals surface area (Å²) in [4.78, 5) is 18.3. The standard InChI is InChI=1S/C21H32Cl2N4O/c1-25(2)21(28)24-18-6-3-16(4-7-18)9-10-26-11-13-27(14-12-26)20-8-5-17(22)15-19(20)23/h5,8,15-16,18H,3-4,6-7,9-14H2,1-2H3,(H,24,28). The van der Waals surface area contributed by atoms with Crippen molar-refractivity contribution in [3.63, 3.8) is 0 Å². The number of nitrogens with zero attached hydrogens (tertiary/aromatic N) is 3. The molecular formula is C21H32Cl2N4O. The third kappa shape index (κ3) is 5.91. The lowest BCUT2D eigenvalue weighted by molar-refractivity contribution is 0.194. The number of urea groups is 1. The van der Waals surface area contributed by atoms with Crippen molar-refractivity contribution in [2.75, 3.05) is 51.7 Å². The molecule has 1 aromatic carbocycles. The van der Waals surface area contributed by atoms with Crippen molar-refractivity contribution < 1.29 is 4.79 Å². The van der Waals surface area contributed by atoms with E-state index < -0.39 is 0 Å². The number of benzene rings is 1. The van der Waals surface area contributed by atoms with Gasteiger partial charge in [-0.1, -0.05) is 23.2 Å². The fourth-order valence-corrected chi connectivity index (χ4v) is 4.74. The van der Waals surface area contributed by atoms with Gasteiger partial charge in [-0.05, 0) is 62.8 Å². The Bertz CT molecular complexity index is 654. The molecule has 2 fully saturated rings. The number of anilines is 1. The van der Waals surface area contributed by atoms with Crippen molar-refractivity contribution >= 4 is 34.9 Å². The maximum Gasteiger partial charge on any atom is 0.317 e. The van der Waals surface area contributed by atoms with Crippen LogP contribution in [0.15, 0.2) is 18.2 Å². The molecule has 3 rings (SSSR count). The van der Waals surface area contributed by atoms with Crippen molar-refractivity contribution in [2.45, 2.75) is 38.1 Å². The van der Waals surface area contributed by atoms with Crippen LogP contribution in [0.4, 0.5) is 10.5 Å². The Kier molecular flexibility index (Phi) is 7.72. The van der Waals surface area contributed by atoms with E-state index in [9.17, 15) is 4.79 Å². The molecule has 1 aliphatic heterocycles. The molecule has 1 heterocycles. The zero-order chi connectivity index (χ0) is 20.1. The van der Waals surface area contributed by atoms with Crippen molar-refractivity contribution in [2.24, 2.45) is 5.92 Å². The second-order valence-electron chi connectivity index (χ2n) is 8.27. The summed E-state index contributed by atoms with van der Waals surface area (Å²) in [6, 6.07) is 6.13. The van der Waals surface area contributed by atoms with E-state index in [1.54, 1.807) is 19.0 Å². The lowest BCUT2D eigenvalue weighted by Crippen LogP contribution is -2.47. The molecule has 0 spiro atoms. The number of hydrogen-bond donors (Lipinski definition) is 1. The van der Waals surface area contributed by atoms with Gasteiger partial charge in [0.1, 0.15) is 0 Å². The molecule has 1 aromatic rings. The van der Waals surface area contributed by atoms with Gasteiger partial charge >= 0.3 is 6.03 Å². The first-order chi connectivity index (χ1) is 13.4. The number of rotatable bonds is 5. The Balaban J connectivity index is 1.35. The van der Waals surface area contributed by atoms with Gasteiger partial charge in [-0.3, -0.25) is 4.90 Å². The summed E-state index contributed by atoms with van der Waals surface area (Å²) in [5, 5.41) is 4.54. The monoisotopic (exact) mass is 426 g/mol. The van der Waals surface area contributed by atoms with Crippen molar-refractivity contribution in [3.05, 3.63) is 28.2 Å². The molecular weight excluding hydrogens is 395 g/mol. The first-order valence-corrected chi connectivity index (χ1v) is 11.1. The number of piperazine rings is 1. The third-order valence-corrected chi connectivity index (χ3v) is 6.59. The maximum absolute atomic E-state index is 11.8. The number of carbonyl (C=O) groups excluding carboxylic acids is 1. The summed E-state index contributed by atoms with van der Waals surface area (Å²) < 4.78 is 0. The third-order valence-electron chi connectivity index (χ3n) is 6.06. The van der Waals surface area contributed by atoms with Crippen LogP contribution in [-0.2, 0) is 0 Å². The largest absolute Gasteiger partial charge is 0.368 e. The highest BCUT2D eigenvalue weighted by molar-refractivity contribution is 6.36. The van der Waals surface area contributed by atoms with Crippen LogP contribution in [0.3, 0.4) is 0 Å². The zero-order valence-corrected chi connectivity index (χ0v) is 18.5. The van der Waals surface area contributed by atoms with Gasteiger partial charge in [-0.15, -0.1) is 0 Å². The summed E-state index contributed by atoms with van der Waals surface area (Å²) in [5.74, 6) is 0.788. The fraction of sp³-hybridized carbons (Fsp3) is 0.667. The summed E-state index contributed by atoms with van der Waals surface area (Å²) in [6.45, 7) is 5.33. The smallest absolute Gasteiger partial charge is 0.317 e. The van der Waals surface area contributed by atoms with Crippen molar-refractivity contribution in [1.82, 2.24) is 15.1 Å². The minimum absolute atomic E-state index is 0.0297. The lowest BCUT2D eigenvalue weighted by atomic mass is 9.84. The molecule has 0 bridgehead atoms. The summed E-state index contributed by atoms with van der Waals surface area (Å²) >= 11 is 12.4. The topological polar surface area (TPSA) is 38.8 Å². The molecule has 0 radical (unpaired) electrons. The summed E-state index contributed by atoms with van der Waals surface area (Å²) in [5.41, 5.74) is 1.09. The van der Waals surface area contributed by atoms with E-state index in [4.69, 9.17) is 23.2 Å². The first-order valence-electron chi connectivity index (χ1n) is 10.3. The van der Waals surface area contributed by atoms with Gasteiger partial charge in [0.25, 0.3) is 0 Å². The molecule has 2 amide bonds. The van der Waals surface area contributed by atoms with Crippen LogP contribution >= 0.6 is 23.2 Å². The van der Waals surface area contributed by atoms with Crippen LogP contribution in [-0.4, -0.2) is 68.7 Å². The highest BCUT2D eigenvalue weighted by atomic mass is 35.5. The SMILES string of the molecule is CN(C)C(=O)NC1CCC(CCN2CCN(c3ccc(Cl)cc3Cl)CC2)CC1. The predicted molar refractivity (Wildman–Crippen MR) is 118 cm³/mol. The molecule has 0 unspecified atom stereocenters. The van der Waals surface area contributed by atoms with Crippen LogP contribution in [0.5, 0.6) is 0 Å². The Morgan fingerprint density at radius 3 is 2.39 bits per heavy atom. The van der Waals surface area contributed by atoms with Crippen molar-refractivity contribution in [1.29, 1.82) is 0 Å². The number of carbonyl (C=O) groups is 1. The molecule has 1 saturated heterocycles. The predicted octanol–water partition coefficient (Wildman–Crippen LogP) is 4.34. The first kappa shape index (κ1) is 21.5. The fourth-order valence-electron chi connectivity index (χ4n) is 4.21. The molecule has 0 aromatic heterocycles. The van der Waals surface area contributed by atoms with Gasteiger partial charge in [0.15, 0.2) is 0 Å². The molecule has 28 heavy (non-hydrogen) atoms. The highest BCUT2D eigenvalue weighted by Crippen LogP contribution is 2.30. The second kappa shape index (κ2) is 10.0. The van der Waals surface area contributed by atoms with Crippen LogP contribution < -0.4 is 10.2 Å². The number of hydrogen-bond acceptors (Lipinski definition) is 3. The molecule has 1 aliphatic carbocycles. The zero-order valence-electron chi connectivity index (χ0n) is 17.0. The van der Waals surface area contributed by atoms with Crippen LogP contribution in [0.25, 0.3) is 0 Å². The number of nitrogens with one attached hydrogen (secondary N) is 1. The van der Waals surface area contributed by atoms with Gasteiger partial charge in [0.05, 0.1) is 10.7 Å². The minimum Gasteiger partial charge on any atom is -0.368 e. The Morgan fingerprint density at radius 2 is 1.79 bits per heavy atom. The van der Waals surface area contributed by atoms with Crippen LogP contribution in [0.1, 0.15) is 32.1 Å². The average molecular weight is 427 g/mol. The molecule has 2 aliphatic rings. The second-order valence-corrected chi connectivity index (χ2v) is 9.12. The Hall–Kier alpha value is -1.17. The van der Waals surface area contributed by atoms with E-state index in [1.807, 2.05) is 18.2 Å². The Labute approximate surface area is 178 Å². The van der Waals surface area contributed by atoms with Crippen LogP contribution in [0, 0.1) is 5.92 Å².